The zero-order valence-electron chi connectivity index (χ0n) is 12.7. The maximum atomic E-state index is 12.0. The molecule has 1 aromatic heterocycles. The molecule has 1 N–H and O–H groups in total. The number of aromatic nitrogens is 2. The molecule has 0 unspecified atom stereocenters. The Bertz CT molecular complexity index is 1120. The van der Waals surface area contributed by atoms with E-state index in [1.54, 1.807) is 0 Å². The van der Waals surface area contributed by atoms with Gasteiger partial charge in [0.15, 0.2) is 0 Å². The van der Waals surface area contributed by atoms with Crippen LogP contribution in [0.5, 0.6) is 0 Å². The zero-order chi connectivity index (χ0) is 16.5. The molecule has 0 saturated carbocycles. The minimum atomic E-state index is -0.397. The van der Waals surface area contributed by atoms with Crippen LogP contribution in [0.25, 0.3) is 16.5 Å². The third-order valence-electron chi connectivity index (χ3n) is 3.97. The average Bonchev–Trinajstić information content (AvgIpc) is 2.94. The highest BCUT2D eigenvalue weighted by Gasteiger charge is 2.09. The molecule has 0 bridgehead atoms. The first kappa shape index (κ1) is 14.7. The standard InChI is InChI=1S/C19H14N2O2S/c22-18-20-19(23)24-21(18)16-11-14-8-4-5-9-17(14)15(12-16)10-13-6-2-1-3-7-13/h1-9,11-12H,10H2,(H,20,22,23). The molecule has 0 fully saturated rings. The van der Waals surface area contributed by atoms with E-state index in [-0.39, 0.29) is 4.87 Å². The molecule has 0 aliphatic heterocycles. The Morgan fingerprint density at radius 2 is 1.67 bits per heavy atom. The van der Waals surface area contributed by atoms with Gasteiger partial charge in [0.1, 0.15) is 0 Å². The number of hydrogen-bond acceptors (Lipinski definition) is 3. The molecule has 5 heteroatoms. The van der Waals surface area contributed by atoms with E-state index in [2.05, 4.69) is 23.2 Å². The van der Waals surface area contributed by atoms with E-state index in [4.69, 9.17) is 0 Å². The lowest BCUT2D eigenvalue weighted by Crippen LogP contribution is -2.14. The largest absolute Gasteiger partial charge is 0.343 e. The quantitative estimate of drug-likeness (QED) is 0.625. The van der Waals surface area contributed by atoms with Gasteiger partial charge in [-0.2, -0.15) is 0 Å². The minimum absolute atomic E-state index is 0.349. The molecule has 0 atom stereocenters. The highest BCUT2D eigenvalue weighted by atomic mass is 32.1. The zero-order valence-corrected chi connectivity index (χ0v) is 13.5. The number of nitrogens with one attached hydrogen (secondary N) is 1. The molecule has 24 heavy (non-hydrogen) atoms. The first-order valence-corrected chi connectivity index (χ1v) is 8.37. The third-order valence-corrected chi connectivity index (χ3v) is 4.80. The molecule has 0 amide bonds. The van der Waals surface area contributed by atoms with Crippen LogP contribution >= 0.6 is 11.5 Å². The first-order valence-electron chi connectivity index (χ1n) is 7.59. The Hall–Kier alpha value is -2.92. The normalized spacial score (nSPS) is 11.0. The van der Waals surface area contributed by atoms with E-state index in [1.165, 1.54) is 9.52 Å². The van der Waals surface area contributed by atoms with Crippen LogP contribution < -0.4 is 10.6 Å². The summed E-state index contributed by atoms with van der Waals surface area (Å²) in [5, 5.41) is 2.20. The molecule has 4 rings (SSSR count). The second-order valence-electron chi connectivity index (χ2n) is 5.59. The van der Waals surface area contributed by atoms with Gasteiger partial charge in [0.25, 0.3) is 0 Å². The van der Waals surface area contributed by atoms with Crippen LogP contribution in [0, 0.1) is 0 Å². The summed E-state index contributed by atoms with van der Waals surface area (Å²) < 4.78 is 1.41. The van der Waals surface area contributed by atoms with Crippen molar-refractivity contribution in [1.29, 1.82) is 0 Å². The van der Waals surface area contributed by atoms with Crippen molar-refractivity contribution in [1.82, 2.24) is 8.94 Å². The number of fused-ring (bicyclic) bond motifs is 1. The maximum Gasteiger partial charge on any atom is 0.343 e. The lowest BCUT2D eigenvalue weighted by molar-refractivity contribution is 1.04. The van der Waals surface area contributed by atoms with Gasteiger partial charge in [0.05, 0.1) is 5.69 Å². The van der Waals surface area contributed by atoms with Crippen LogP contribution in [0.15, 0.2) is 76.3 Å². The monoisotopic (exact) mass is 334 g/mol. The number of nitrogens with zero attached hydrogens (tertiary/aromatic N) is 1. The van der Waals surface area contributed by atoms with E-state index in [1.807, 2.05) is 48.5 Å². The van der Waals surface area contributed by atoms with Crippen molar-refractivity contribution in [3.8, 4) is 5.69 Å². The van der Waals surface area contributed by atoms with Crippen molar-refractivity contribution in [2.24, 2.45) is 0 Å². The predicted octanol–water partition coefficient (Wildman–Crippen LogP) is 3.33. The summed E-state index contributed by atoms with van der Waals surface area (Å²) in [6, 6.07) is 22.2. The van der Waals surface area contributed by atoms with Gasteiger partial charge >= 0.3 is 10.6 Å². The van der Waals surface area contributed by atoms with E-state index in [9.17, 15) is 9.59 Å². The number of benzene rings is 3. The van der Waals surface area contributed by atoms with Crippen molar-refractivity contribution in [3.63, 3.8) is 0 Å². The summed E-state index contributed by atoms with van der Waals surface area (Å²) >= 11 is 0.884. The van der Waals surface area contributed by atoms with Gasteiger partial charge in [-0.15, -0.1) is 0 Å². The molecule has 0 saturated heterocycles. The highest BCUT2D eigenvalue weighted by molar-refractivity contribution is 7.03. The summed E-state index contributed by atoms with van der Waals surface area (Å²) in [6.07, 6.45) is 0.767. The van der Waals surface area contributed by atoms with Crippen LogP contribution in [0.2, 0.25) is 0 Å². The fourth-order valence-electron chi connectivity index (χ4n) is 2.91. The second-order valence-corrected chi connectivity index (χ2v) is 6.51. The number of H-pyrrole nitrogens is 1. The molecule has 3 aromatic carbocycles. The van der Waals surface area contributed by atoms with Crippen LogP contribution in [-0.4, -0.2) is 8.94 Å². The van der Waals surface area contributed by atoms with Gasteiger partial charge in [-0.05, 0) is 40.5 Å². The van der Waals surface area contributed by atoms with Crippen molar-refractivity contribution in [2.75, 3.05) is 0 Å². The Balaban J connectivity index is 1.92. The number of hydrogen-bond donors (Lipinski definition) is 1. The van der Waals surface area contributed by atoms with E-state index in [0.717, 1.165) is 34.3 Å². The summed E-state index contributed by atoms with van der Waals surface area (Å²) in [5.41, 5.74) is 2.65. The number of rotatable bonds is 3. The van der Waals surface area contributed by atoms with Gasteiger partial charge in [-0.1, -0.05) is 54.6 Å². The van der Waals surface area contributed by atoms with Gasteiger partial charge in [0.2, 0.25) is 0 Å². The summed E-state index contributed by atoms with van der Waals surface area (Å²) in [4.78, 5) is 25.4. The summed E-state index contributed by atoms with van der Waals surface area (Å²) in [6.45, 7) is 0. The molecule has 0 aliphatic rings. The third kappa shape index (κ3) is 2.70. The average molecular weight is 334 g/mol. The molecular weight excluding hydrogens is 320 g/mol. The fraction of sp³-hybridized carbons (Fsp3) is 0.0526. The van der Waals surface area contributed by atoms with Gasteiger partial charge in [0, 0.05) is 11.5 Å². The summed E-state index contributed by atoms with van der Waals surface area (Å²) in [7, 11) is 0. The Morgan fingerprint density at radius 1 is 0.917 bits per heavy atom. The molecule has 0 aliphatic carbocycles. The lowest BCUT2D eigenvalue weighted by Gasteiger charge is -2.10. The topological polar surface area (TPSA) is 54.9 Å². The molecule has 1 heterocycles. The van der Waals surface area contributed by atoms with Crippen LogP contribution in [0.4, 0.5) is 0 Å². The fourth-order valence-corrected chi connectivity index (χ4v) is 3.55. The molecule has 4 aromatic rings. The SMILES string of the molecule is O=c1[nH]c(=O)n(-c2cc(Cc3ccccc3)c3ccccc3c2)s1. The lowest BCUT2D eigenvalue weighted by atomic mass is 9.97. The Labute approximate surface area is 141 Å². The predicted molar refractivity (Wildman–Crippen MR) is 97.3 cm³/mol. The van der Waals surface area contributed by atoms with Crippen molar-refractivity contribution < 1.29 is 0 Å². The van der Waals surface area contributed by atoms with Crippen molar-refractivity contribution in [3.05, 3.63) is 98.0 Å². The van der Waals surface area contributed by atoms with E-state index < -0.39 is 5.69 Å². The van der Waals surface area contributed by atoms with Crippen LogP contribution in [-0.2, 0) is 6.42 Å². The van der Waals surface area contributed by atoms with Crippen LogP contribution in [0.1, 0.15) is 11.1 Å². The van der Waals surface area contributed by atoms with E-state index >= 15 is 0 Å². The maximum absolute atomic E-state index is 12.0. The van der Waals surface area contributed by atoms with Crippen molar-refractivity contribution in [2.45, 2.75) is 6.42 Å². The van der Waals surface area contributed by atoms with Gasteiger partial charge < -0.3 is 0 Å². The molecular formula is C19H14N2O2S. The Morgan fingerprint density at radius 3 is 2.42 bits per heavy atom. The molecule has 0 spiro atoms. The first-order chi connectivity index (χ1) is 11.7. The van der Waals surface area contributed by atoms with Gasteiger partial charge in [-0.3, -0.25) is 9.78 Å². The molecule has 118 valence electrons. The summed E-state index contributed by atoms with van der Waals surface area (Å²) in [5.74, 6) is 0. The smallest absolute Gasteiger partial charge is 0.263 e. The van der Waals surface area contributed by atoms with Crippen molar-refractivity contribution >= 4 is 22.3 Å². The second kappa shape index (κ2) is 5.94. The number of aromatic amines is 1. The van der Waals surface area contributed by atoms with E-state index in [0.29, 0.717) is 5.69 Å². The molecule has 4 nitrogen and oxygen atoms in total. The van der Waals surface area contributed by atoms with Gasteiger partial charge in [-0.25, -0.2) is 8.75 Å². The molecule has 0 radical (unpaired) electrons. The van der Waals surface area contributed by atoms with Crippen LogP contribution in [0.3, 0.4) is 0 Å². The highest BCUT2D eigenvalue weighted by Crippen LogP contribution is 2.25. The minimum Gasteiger partial charge on any atom is -0.263 e. The Kier molecular flexibility index (Phi) is 3.63.